The predicted molar refractivity (Wildman–Crippen MR) is 117 cm³/mol. The first kappa shape index (κ1) is 27.2. The van der Waals surface area contributed by atoms with E-state index in [0.717, 1.165) is 38.5 Å². The summed E-state index contributed by atoms with van der Waals surface area (Å²) in [4.78, 5) is 0. The molecule has 8 heteroatoms. The SMILES string of the molecule is CCO[Si](CCCCNCC(O)COCCC[Si](C)(C)C)(OCC)OCC. The van der Waals surface area contributed by atoms with Crippen molar-refractivity contribution in [2.75, 3.05) is 46.1 Å². The van der Waals surface area contributed by atoms with E-state index < -0.39 is 23.0 Å². The molecule has 164 valence electrons. The molecule has 0 bridgehead atoms. The van der Waals surface area contributed by atoms with Crippen LogP contribution < -0.4 is 5.32 Å². The van der Waals surface area contributed by atoms with E-state index in [0.29, 0.717) is 33.0 Å². The lowest BCUT2D eigenvalue weighted by molar-refractivity contribution is 0.0373. The Morgan fingerprint density at radius 1 is 0.852 bits per heavy atom. The molecule has 0 aliphatic heterocycles. The third-order valence-electron chi connectivity index (χ3n) is 4.08. The van der Waals surface area contributed by atoms with Crippen LogP contribution in [-0.4, -0.2) is 74.2 Å². The van der Waals surface area contributed by atoms with Gasteiger partial charge in [-0.2, -0.15) is 0 Å². The molecular formula is C19H45NO5Si2. The molecule has 0 amide bonds. The minimum Gasteiger partial charge on any atom is -0.389 e. The molecule has 0 saturated heterocycles. The molecule has 27 heavy (non-hydrogen) atoms. The summed E-state index contributed by atoms with van der Waals surface area (Å²) in [6.07, 6.45) is 2.65. The summed E-state index contributed by atoms with van der Waals surface area (Å²) >= 11 is 0. The van der Waals surface area contributed by atoms with E-state index in [4.69, 9.17) is 18.0 Å². The first-order valence-corrected chi connectivity index (χ1v) is 16.3. The summed E-state index contributed by atoms with van der Waals surface area (Å²) in [5.74, 6) is 0. The molecule has 2 N–H and O–H groups in total. The van der Waals surface area contributed by atoms with Crippen LogP contribution in [0, 0.1) is 0 Å². The Hall–Kier alpha value is 0.194. The molecule has 1 atom stereocenters. The van der Waals surface area contributed by atoms with Crippen LogP contribution in [0.15, 0.2) is 0 Å². The number of aliphatic hydroxyl groups is 1. The van der Waals surface area contributed by atoms with Gasteiger partial charge in [0.2, 0.25) is 0 Å². The van der Waals surface area contributed by atoms with Gasteiger partial charge >= 0.3 is 8.80 Å². The fraction of sp³-hybridized carbons (Fsp3) is 1.00. The van der Waals surface area contributed by atoms with Crippen LogP contribution in [0.5, 0.6) is 0 Å². The molecule has 0 aromatic rings. The van der Waals surface area contributed by atoms with Crippen molar-refractivity contribution in [1.29, 1.82) is 0 Å². The van der Waals surface area contributed by atoms with Gasteiger partial charge in [-0.05, 0) is 46.6 Å². The van der Waals surface area contributed by atoms with Crippen molar-refractivity contribution in [3.8, 4) is 0 Å². The standard InChI is InChI=1S/C19H45NO5Si2/c1-7-23-27(24-8-2,25-9-3)16-11-10-13-20-17-19(21)18-22-14-12-15-26(4,5)6/h19-21H,7-18H2,1-6H3. The van der Waals surface area contributed by atoms with Gasteiger partial charge in [0.25, 0.3) is 0 Å². The number of aliphatic hydroxyl groups excluding tert-OH is 1. The van der Waals surface area contributed by atoms with Gasteiger partial charge in [0, 0.05) is 47.1 Å². The molecule has 0 aromatic heterocycles. The van der Waals surface area contributed by atoms with Gasteiger partial charge in [0.1, 0.15) is 0 Å². The fourth-order valence-electron chi connectivity index (χ4n) is 2.84. The Morgan fingerprint density at radius 2 is 1.44 bits per heavy atom. The Kier molecular flexibility index (Phi) is 16.2. The monoisotopic (exact) mass is 423 g/mol. The highest BCUT2D eigenvalue weighted by Gasteiger charge is 2.39. The quantitative estimate of drug-likeness (QED) is 0.245. The number of nitrogens with one attached hydrogen (secondary N) is 1. The zero-order valence-corrected chi connectivity index (χ0v) is 20.6. The van der Waals surface area contributed by atoms with E-state index in [2.05, 4.69) is 25.0 Å². The summed E-state index contributed by atoms with van der Waals surface area (Å²) < 4.78 is 23.2. The van der Waals surface area contributed by atoms with Gasteiger partial charge in [-0.1, -0.05) is 25.7 Å². The van der Waals surface area contributed by atoms with Gasteiger partial charge < -0.3 is 28.4 Å². The maximum atomic E-state index is 9.97. The van der Waals surface area contributed by atoms with Crippen molar-refractivity contribution in [1.82, 2.24) is 5.32 Å². The molecule has 0 rings (SSSR count). The molecule has 0 aromatic carbocycles. The van der Waals surface area contributed by atoms with Gasteiger partial charge in [-0.3, -0.25) is 0 Å². The van der Waals surface area contributed by atoms with Gasteiger partial charge in [0.05, 0.1) is 12.7 Å². The van der Waals surface area contributed by atoms with Crippen molar-refractivity contribution in [3.63, 3.8) is 0 Å². The smallest absolute Gasteiger partial charge is 0.389 e. The predicted octanol–water partition coefficient (Wildman–Crippen LogP) is 3.51. The Bertz CT molecular complexity index is 326. The molecule has 0 aliphatic rings. The van der Waals surface area contributed by atoms with Crippen molar-refractivity contribution in [2.24, 2.45) is 0 Å². The Balaban J connectivity index is 3.78. The number of hydrogen-bond acceptors (Lipinski definition) is 6. The van der Waals surface area contributed by atoms with Crippen LogP contribution >= 0.6 is 0 Å². The molecule has 0 saturated carbocycles. The molecule has 0 spiro atoms. The van der Waals surface area contributed by atoms with Crippen molar-refractivity contribution in [3.05, 3.63) is 0 Å². The third kappa shape index (κ3) is 15.8. The summed E-state index contributed by atoms with van der Waals surface area (Å²) in [7, 11) is -3.49. The minimum absolute atomic E-state index is 0.410. The van der Waals surface area contributed by atoms with Crippen LogP contribution in [0.25, 0.3) is 0 Å². The molecule has 1 unspecified atom stereocenters. The highest BCUT2D eigenvalue weighted by atomic mass is 28.4. The number of rotatable bonds is 19. The second-order valence-corrected chi connectivity index (χ2v) is 16.4. The van der Waals surface area contributed by atoms with E-state index in [1.807, 2.05) is 20.8 Å². The van der Waals surface area contributed by atoms with Crippen LogP contribution in [0.2, 0.25) is 31.7 Å². The largest absolute Gasteiger partial charge is 0.500 e. The summed E-state index contributed by atoms with van der Waals surface area (Å²) in [5, 5.41) is 13.3. The van der Waals surface area contributed by atoms with Crippen LogP contribution in [0.1, 0.15) is 40.0 Å². The summed E-state index contributed by atoms with van der Waals surface area (Å²) in [6.45, 7) is 17.5. The highest BCUT2D eigenvalue weighted by molar-refractivity contribution is 6.76. The maximum absolute atomic E-state index is 9.97. The lowest BCUT2D eigenvalue weighted by Crippen LogP contribution is -2.46. The average molecular weight is 424 g/mol. The zero-order chi connectivity index (χ0) is 20.6. The van der Waals surface area contributed by atoms with E-state index in [9.17, 15) is 5.11 Å². The second kappa shape index (κ2) is 16.0. The number of ether oxygens (including phenoxy) is 1. The van der Waals surface area contributed by atoms with Gasteiger partial charge in [-0.15, -0.1) is 0 Å². The lowest BCUT2D eigenvalue weighted by atomic mass is 10.3. The lowest BCUT2D eigenvalue weighted by Gasteiger charge is -2.28. The average Bonchev–Trinajstić information content (AvgIpc) is 2.57. The number of hydrogen-bond donors (Lipinski definition) is 2. The first-order valence-electron chi connectivity index (χ1n) is 10.7. The van der Waals surface area contributed by atoms with Crippen molar-refractivity contribution >= 4 is 16.9 Å². The molecular weight excluding hydrogens is 378 g/mol. The Labute approximate surface area is 169 Å². The van der Waals surface area contributed by atoms with Crippen LogP contribution in [0.3, 0.4) is 0 Å². The second-order valence-electron chi connectivity index (χ2n) is 8.04. The van der Waals surface area contributed by atoms with E-state index in [-0.39, 0.29) is 0 Å². The fourth-order valence-corrected chi connectivity index (χ4v) is 6.73. The van der Waals surface area contributed by atoms with Gasteiger partial charge in [-0.25, -0.2) is 0 Å². The van der Waals surface area contributed by atoms with Crippen LogP contribution in [0.4, 0.5) is 0 Å². The molecule has 0 aliphatic carbocycles. The van der Waals surface area contributed by atoms with Crippen molar-refractivity contribution in [2.45, 2.75) is 77.9 Å². The highest BCUT2D eigenvalue weighted by Crippen LogP contribution is 2.19. The molecule has 0 fully saturated rings. The zero-order valence-electron chi connectivity index (χ0n) is 18.6. The molecule has 0 heterocycles. The van der Waals surface area contributed by atoms with E-state index >= 15 is 0 Å². The maximum Gasteiger partial charge on any atom is 0.500 e. The van der Waals surface area contributed by atoms with Crippen molar-refractivity contribution < 1.29 is 23.1 Å². The summed E-state index contributed by atoms with van der Waals surface area (Å²) in [5.41, 5.74) is 0. The number of unbranched alkanes of at least 4 members (excludes halogenated alkanes) is 1. The minimum atomic E-state index is -2.51. The van der Waals surface area contributed by atoms with Gasteiger partial charge in [0.15, 0.2) is 0 Å². The van der Waals surface area contributed by atoms with Crippen LogP contribution in [-0.2, 0) is 18.0 Å². The first-order chi connectivity index (χ1) is 12.8. The molecule has 0 radical (unpaired) electrons. The molecule has 6 nitrogen and oxygen atoms in total. The normalized spacial score (nSPS) is 13.9. The topological polar surface area (TPSA) is 69.2 Å². The Morgan fingerprint density at radius 3 is 1.96 bits per heavy atom. The third-order valence-corrected chi connectivity index (χ3v) is 9.09. The summed E-state index contributed by atoms with van der Waals surface area (Å²) in [6, 6.07) is 2.12. The van der Waals surface area contributed by atoms with E-state index in [1.54, 1.807) is 0 Å². The van der Waals surface area contributed by atoms with E-state index in [1.165, 1.54) is 6.04 Å².